The quantitative estimate of drug-likeness (QED) is 0.786. The van der Waals surface area contributed by atoms with Gasteiger partial charge in [0.2, 0.25) is 5.91 Å². The van der Waals surface area contributed by atoms with Crippen LogP contribution in [0, 0.1) is 6.92 Å². The van der Waals surface area contributed by atoms with Gasteiger partial charge in [-0.25, -0.2) is 0 Å². The van der Waals surface area contributed by atoms with E-state index in [1.165, 1.54) is 0 Å². The Kier molecular flexibility index (Phi) is 5.92. The molecule has 0 heterocycles. The molecule has 23 heavy (non-hydrogen) atoms. The van der Waals surface area contributed by atoms with Gasteiger partial charge in [-0.05, 0) is 31.0 Å². The van der Waals surface area contributed by atoms with Crippen LogP contribution in [0.2, 0.25) is 0 Å². The van der Waals surface area contributed by atoms with Gasteiger partial charge in [-0.15, -0.1) is 0 Å². The average molecular weight is 311 g/mol. The first-order valence-corrected chi connectivity index (χ1v) is 7.63. The van der Waals surface area contributed by atoms with E-state index >= 15 is 0 Å². The first kappa shape index (κ1) is 16.7. The summed E-state index contributed by atoms with van der Waals surface area (Å²) < 4.78 is 5.23. The number of aryl methyl sites for hydroxylation is 1. The molecule has 0 aromatic heterocycles. The standard InChI is InChI=1S/C19H21NO3/c1-14-11-12-18(23-2)16(13-14)20-19(22)10-6-9-17(21)15-7-4-3-5-8-15/h3-5,7-8,11-13H,6,9-10H2,1-2H3,(H,20,22). The van der Waals surface area contributed by atoms with Gasteiger partial charge < -0.3 is 10.1 Å². The fourth-order valence-corrected chi connectivity index (χ4v) is 2.31. The van der Waals surface area contributed by atoms with Gasteiger partial charge >= 0.3 is 0 Å². The van der Waals surface area contributed by atoms with Crippen molar-refractivity contribution in [3.05, 3.63) is 59.7 Å². The Morgan fingerprint density at radius 1 is 1.04 bits per heavy atom. The summed E-state index contributed by atoms with van der Waals surface area (Å²) in [6.07, 6.45) is 1.19. The molecular weight excluding hydrogens is 290 g/mol. The minimum absolute atomic E-state index is 0.0616. The zero-order valence-electron chi connectivity index (χ0n) is 13.5. The number of rotatable bonds is 7. The monoisotopic (exact) mass is 311 g/mol. The highest BCUT2D eigenvalue weighted by atomic mass is 16.5. The van der Waals surface area contributed by atoms with Crippen molar-refractivity contribution >= 4 is 17.4 Å². The largest absolute Gasteiger partial charge is 0.495 e. The second-order valence-corrected chi connectivity index (χ2v) is 5.39. The molecule has 2 aromatic carbocycles. The Labute approximate surface area is 136 Å². The van der Waals surface area contributed by atoms with Crippen molar-refractivity contribution in [1.82, 2.24) is 0 Å². The number of anilines is 1. The number of Topliss-reactive ketones (excluding diaryl/α,β-unsaturated/α-hetero) is 1. The van der Waals surface area contributed by atoms with Crippen LogP contribution in [0.5, 0.6) is 5.75 Å². The zero-order chi connectivity index (χ0) is 16.7. The molecule has 1 amide bonds. The predicted molar refractivity (Wildman–Crippen MR) is 91.0 cm³/mol. The Hall–Kier alpha value is -2.62. The molecule has 0 fully saturated rings. The molecule has 0 aliphatic carbocycles. The van der Waals surface area contributed by atoms with Crippen molar-refractivity contribution in [2.75, 3.05) is 12.4 Å². The van der Waals surface area contributed by atoms with E-state index < -0.39 is 0 Å². The molecule has 0 saturated heterocycles. The van der Waals surface area contributed by atoms with Crippen molar-refractivity contribution in [3.8, 4) is 5.75 Å². The summed E-state index contributed by atoms with van der Waals surface area (Å²) in [5.74, 6) is 0.575. The Balaban J connectivity index is 1.84. The van der Waals surface area contributed by atoms with Gasteiger partial charge in [-0.3, -0.25) is 9.59 Å². The number of ketones is 1. The van der Waals surface area contributed by atoms with Crippen LogP contribution in [0.4, 0.5) is 5.69 Å². The van der Waals surface area contributed by atoms with Crippen molar-refractivity contribution < 1.29 is 14.3 Å². The number of amides is 1. The zero-order valence-corrected chi connectivity index (χ0v) is 13.5. The molecule has 0 bridgehead atoms. The molecule has 0 spiro atoms. The number of hydrogen-bond acceptors (Lipinski definition) is 3. The Morgan fingerprint density at radius 3 is 2.48 bits per heavy atom. The van der Waals surface area contributed by atoms with Gasteiger partial charge in [-0.2, -0.15) is 0 Å². The van der Waals surface area contributed by atoms with E-state index in [2.05, 4.69) is 5.32 Å². The van der Waals surface area contributed by atoms with E-state index in [9.17, 15) is 9.59 Å². The molecular formula is C19H21NO3. The van der Waals surface area contributed by atoms with Crippen LogP contribution in [0.25, 0.3) is 0 Å². The van der Waals surface area contributed by atoms with Crippen LogP contribution in [0.1, 0.15) is 35.2 Å². The summed E-state index contributed by atoms with van der Waals surface area (Å²) in [5, 5.41) is 2.84. The lowest BCUT2D eigenvalue weighted by atomic mass is 10.1. The number of carbonyl (C=O) groups excluding carboxylic acids is 2. The summed E-state index contributed by atoms with van der Waals surface area (Å²) in [5.41, 5.74) is 2.39. The lowest BCUT2D eigenvalue weighted by Gasteiger charge is -2.11. The van der Waals surface area contributed by atoms with Crippen LogP contribution >= 0.6 is 0 Å². The number of methoxy groups -OCH3 is 1. The molecule has 4 nitrogen and oxygen atoms in total. The van der Waals surface area contributed by atoms with Gasteiger partial charge in [0.05, 0.1) is 12.8 Å². The number of carbonyl (C=O) groups is 2. The van der Waals surface area contributed by atoms with E-state index in [0.717, 1.165) is 5.56 Å². The molecule has 2 aromatic rings. The molecule has 0 radical (unpaired) electrons. The van der Waals surface area contributed by atoms with Crippen LogP contribution in [-0.2, 0) is 4.79 Å². The molecule has 120 valence electrons. The van der Waals surface area contributed by atoms with Gasteiger partial charge in [0, 0.05) is 18.4 Å². The third-order valence-electron chi connectivity index (χ3n) is 3.53. The number of benzene rings is 2. The second kappa shape index (κ2) is 8.13. The van der Waals surface area contributed by atoms with E-state index in [0.29, 0.717) is 36.3 Å². The third kappa shape index (κ3) is 4.95. The van der Waals surface area contributed by atoms with Gasteiger partial charge in [0.1, 0.15) is 5.75 Å². The molecule has 0 aliphatic heterocycles. The summed E-state index contributed by atoms with van der Waals surface area (Å²) in [6, 6.07) is 14.7. The van der Waals surface area contributed by atoms with Crippen LogP contribution < -0.4 is 10.1 Å². The van der Waals surface area contributed by atoms with E-state index in [1.807, 2.05) is 43.3 Å². The van der Waals surface area contributed by atoms with Gasteiger partial charge in [0.25, 0.3) is 0 Å². The Bertz CT molecular complexity index is 680. The minimum Gasteiger partial charge on any atom is -0.495 e. The van der Waals surface area contributed by atoms with Crippen LogP contribution in [0.3, 0.4) is 0 Å². The molecule has 0 aliphatic rings. The van der Waals surface area contributed by atoms with E-state index in [-0.39, 0.29) is 11.7 Å². The minimum atomic E-state index is -0.116. The summed E-state index contributed by atoms with van der Waals surface area (Å²) in [4.78, 5) is 24.0. The average Bonchev–Trinajstić information content (AvgIpc) is 2.56. The topological polar surface area (TPSA) is 55.4 Å². The maximum absolute atomic E-state index is 12.0. The molecule has 4 heteroatoms. The lowest BCUT2D eigenvalue weighted by molar-refractivity contribution is -0.116. The van der Waals surface area contributed by atoms with Crippen LogP contribution in [0.15, 0.2) is 48.5 Å². The van der Waals surface area contributed by atoms with Crippen molar-refractivity contribution in [2.24, 2.45) is 0 Å². The number of hydrogen-bond donors (Lipinski definition) is 1. The first-order chi connectivity index (χ1) is 11.1. The number of nitrogens with one attached hydrogen (secondary N) is 1. The highest BCUT2D eigenvalue weighted by molar-refractivity contribution is 5.97. The molecule has 2 rings (SSSR count). The summed E-state index contributed by atoms with van der Waals surface area (Å²) in [6.45, 7) is 1.95. The molecule has 1 N–H and O–H groups in total. The van der Waals surface area contributed by atoms with Gasteiger partial charge in [0.15, 0.2) is 5.78 Å². The van der Waals surface area contributed by atoms with E-state index in [1.54, 1.807) is 19.2 Å². The van der Waals surface area contributed by atoms with Gasteiger partial charge in [-0.1, -0.05) is 36.4 Å². The predicted octanol–water partition coefficient (Wildman–Crippen LogP) is 4.00. The summed E-state index contributed by atoms with van der Waals surface area (Å²) in [7, 11) is 1.57. The molecule has 0 unspecified atom stereocenters. The second-order valence-electron chi connectivity index (χ2n) is 5.39. The number of ether oxygens (including phenoxy) is 1. The van der Waals surface area contributed by atoms with Crippen molar-refractivity contribution in [2.45, 2.75) is 26.2 Å². The lowest BCUT2D eigenvalue weighted by Crippen LogP contribution is -2.13. The fourth-order valence-electron chi connectivity index (χ4n) is 2.31. The Morgan fingerprint density at radius 2 is 1.78 bits per heavy atom. The highest BCUT2D eigenvalue weighted by Gasteiger charge is 2.10. The van der Waals surface area contributed by atoms with Crippen LogP contribution in [-0.4, -0.2) is 18.8 Å². The molecule has 0 saturated carbocycles. The van der Waals surface area contributed by atoms with E-state index in [4.69, 9.17) is 4.74 Å². The highest BCUT2D eigenvalue weighted by Crippen LogP contribution is 2.25. The maximum atomic E-state index is 12.0. The van der Waals surface area contributed by atoms with Crippen molar-refractivity contribution in [1.29, 1.82) is 0 Å². The first-order valence-electron chi connectivity index (χ1n) is 7.63. The smallest absolute Gasteiger partial charge is 0.224 e. The SMILES string of the molecule is COc1ccc(C)cc1NC(=O)CCCC(=O)c1ccccc1. The molecule has 0 atom stereocenters. The fraction of sp³-hybridized carbons (Fsp3) is 0.263. The third-order valence-corrected chi connectivity index (χ3v) is 3.53. The normalized spacial score (nSPS) is 10.2. The summed E-state index contributed by atoms with van der Waals surface area (Å²) >= 11 is 0. The maximum Gasteiger partial charge on any atom is 0.224 e. The van der Waals surface area contributed by atoms with Crippen molar-refractivity contribution in [3.63, 3.8) is 0 Å².